The van der Waals surface area contributed by atoms with Gasteiger partial charge in [0.1, 0.15) is 11.5 Å². The quantitative estimate of drug-likeness (QED) is 0.364. The molecule has 3 aromatic carbocycles. The van der Waals surface area contributed by atoms with Gasteiger partial charge in [-0.3, -0.25) is 5.43 Å². The monoisotopic (exact) mass is 370 g/mol. The summed E-state index contributed by atoms with van der Waals surface area (Å²) in [7, 11) is 0. The van der Waals surface area contributed by atoms with Gasteiger partial charge < -0.3 is 10.2 Å². The van der Waals surface area contributed by atoms with Crippen molar-refractivity contribution in [3.05, 3.63) is 89.6 Å². The van der Waals surface area contributed by atoms with E-state index in [1.54, 1.807) is 6.07 Å². The van der Waals surface area contributed by atoms with Gasteiger partial charge in [0.25, 0.3) is 0 Å². The minimum atomic E-state index is -0.0558. The number of benzene rings is 3. The van der Waals surface area contributed by atoms with E-state index in [9.17, 15) is 10.2 Å². The van der Waals surface area contributed by atoms with Crippen LogP contribution in [0.5, 0.6) is 11.5 Å². The molecule has 0 atom stereocenters. The van der Waals surface area contributed by atoms with E-state index in [0.717, 1.165) is 16.5 Å². The Balaban J connectivity index is 1.61. The highest BCUT2D eigenvalue weighted by Gasteiger charge is 2.09. The van der Waals surface area contributed by atoms with Crippen LogP contribution in [0.1, 0.15) is 16.8 Å². The van der Waals surface area contributed by atoms with Crippen molar-refractivity contribution < 1.29 is 10.2 Å². The summed E-state index contributed by atoms with van der Waals surface area (Å²) in [6, 6.07) is 22.3. The third-order valence-corrected chi connectivity index (χ3v) is 4.37. The molecule has 4 aromatic rings. The maximum Gasteiger partial charge on any atom is 0.176 e. The number of hydrogen-bond acceptors (Lipinski definition) is 6. The summed E-state index contributed by atoms with van der Waals surface area (Å²) in [5, 5.41) is 33.9. The molecule has 0 saturated heterocycles. The molecule has 1 aromatic heterocycles. The molecule has 0 spiro atoms. The van der Waals surface area contributed by atoms with E-state index < -0.39 is 0 Å². The van der Waals surface area contributed by atoms with Crippen molar-refractivity contribution in [2.24, 2.45) is 5.10 Å². The Hall–Kier alpha value is -3.93. The molecule has 0 aliphatic heterocycles. The SMILES string of the molecule is Oc1ccc(C=NNc2nnc(Cc3ccccc3)c3ccccc23)c(O)c1. The Bertz CT molecular complexity index is 1140. The topological polar surface area (TPSA) is 90.6 Å². The van der Waals surface area contributed by atoms with Gasteiger partial charge >= 0.3 is 0 Å². The molecule has 0 aliphatic rings. The molecule has 138 valence electrons. The van der Waals surface area contributed by atoms with Crippen molar-refractivity contribution in [3.63, 3.8) is 0 Å². The number of anilines is 1. The van der Waals surface area contributed by atoms with Gasteiger partial charge in [0, 0.05) is 28.8 Å². The minimum absolute atomic E-state index is 0.00604. The average molecular weight is 370 g/mol. The van der Waals surface area contributed by atoms with E-state index in [-0.39, 0.29) is 11.5 Å². The zero-order valence-corrected chi connectivity index (χ0v) is 14.9. The van der Waals surface area contributed by atoms with Crippen LogP contribution < -0.4 is 5.43 Å². The van der Waals surface area contributed by atoms with E-state index in [4.69, 9.17) is 0 Å². The fraction of sp³-hybridized carbons (Fsp3) is 0.0455. The number of phenolic OH excluding ortho intramolecular Hbond substituents is 2. The summed E-state index contributed by atoms with van der Waals surface area (Å²) in [5.74, 6) is 0.468. The van der Waals surface area contributed by atoms with Crippen molar-refractivity contribution >= 4 is 22.8 Å². The van der Waals surface area contributed by atoms with Crippen LogP contribution in [0.4, 0.5) is 5.82 Å². The first kappa shape index (κ1) is 17.5. The highest BCUT2D eigenvalue weighted by atomic mass is 16.3. The number of nitrogens with one attached hydrogen (secondary N) is 1. The average Bonchev–Trinajstić information content (AvgIpc) is 2.72. The van der Waals surface area contributed by atoms with Gasteiger partial charge in [0.05, 0.1) is 11.9 Å². The summed E-state index contributed by atoms with van der Waals surface area (Å²) in [6.45, 7) is 0. The molecule has 3 N–H and O–H groups in total. The van der Waals surface area contributed by atoms with E-state index in [0.29, 0.717) is 17.8 Å². The van der Waals surface area contributed by atoms with Crippen molar-refractivity contribution in [3.8, 4) is 11.5 Å². The summed E-state index contributed by atoms with van der Waals surface area (Å²) in [5.41, 5.74) is 5.43. The predicted octanol–water partition coefficient (Wildman–Crippen LogP) is 4.08. The second-order valence-electron chi connectivity index (χ2n) is 6.32. The number of phenols is 2. The molecule has 1 heterocycles. The Labute approximate surface area is 161 Å². The highest BCUT2D eigenvalue weighted by Crippen LogP contribution is 2.25. The number of aromatic hydroxyl groups is 2. The molecule has 6 nitrogen and oxygen atoms in total. The van der Waals surface area contributed by atoms with Crippen LogP contribution in [0.15, 0.2) is 77.9 Å². The van der Waals surface area contributed by atoms with Crippen LogP contribution in [0.2, 0.25) is 0 Å². The molecule has 0 fully saturated rings. The Morgan fingerprint density at radius 3 is 2.39 bits per heavy atom. The Morgan fingerprint density at radius 2 is 1.61 bits per heavy atom. The van der Waals surface area contributed by atoms with Crippen molar-refractivity contribution in [1.29, 1.82) is 0 Å². The van der Waals surface area contributed by atoms with Crippen molar-refractivity contribution in [2.45, 2.75) is 6.42 Å². The molecule has 28 heavy (non-hydrogen) atoms. The van der Waals surface area contributed by atoms with Crippen LogP contribution >= 0.6 is 0 Å². The summed E-state index contributed by atoms with van der Waals surface area (Å²) in [6.07, 6.45) is 2.16. The lowest BCUT2D eigenvalue weighted by Gasteiger charge is -2.09. The molecular weight excluding hydrogens is 352 g/mol. The van der Waals surface area contributed by atoms with Gasteiger partial charge in [-0.25, -0.2) is 0 Å². The number of hydrogen-bond donors (Lipinski definition) is 3. The van der Waals surface area contributed by atoms with Crippen molar-refractivity contribution in [2.75, 3.05) is 5.43 Å². The van der Waals surface area contributed by atoms with Crippen LogP contribution in [0.25, 0.3) is 10.8 Å². The van der Waals surface area contributed by atoms with Crippen LogP contribution in [0, 0.1) is 0 Å². The normalized spacial score (nSPS) is 11.1. The molecule has 0 unspecified atom stereocenters. The number of rotatable bonds is 5. The lowest BCUT2D eigenvalue weighted by molar-refractivity contribution is 0.450. The molecule has 0 amide bonds. The zero-order valence-electron chi connectivity index (χ0n) is 14.9. The third-order valence-electron chi connectivity index (χ3n) is 4.37. The number of nitrogens with zero attached hydrogens (tertiary/aromatic N) is 3. The fourth-order valence-corrected chi connectivity index (χ4v) is 2.97. The maximum absolute atomic E-state index is 9.83. The van der Waals surface area contributed by atoms with Gasteiger partial charge in [-0.15, -0.1) is 5.10 Å². The van der Waals surface area contributed by atoms with E-state index in [2.05, 4.69) is 32.9 Å². The lowest BCUT2D eigenvalue weighted by atomic mass is 10.0. The number of hydrazone groups is 1. The standard InChI is InChI=1S/C22H18N4O2/c27-17-11-10-16(21(28)13-17)14-23-25-22-19-9-5-4-8-18(19)20(24-26-22)12-15-6-2-1-3-7-15/h1-11,13-14,27-28H,12H2,(H,25,26). The lowest BCUT2D eigenvalue weighted by Crippen LogP contribution is -2.02. The minimum Gasteiger partial charge on any atom is -0.508 e. The molecule has 4 rings (SSSR count). The Morgan fingerprint density at radius 1 is 0.857 bits per heavy atom. The third kappa shape index (κ3) is 3.76. The molecular formula is C22H18N4O2. The van der Waals surface area contributed by atoms with Gasteiger partial charge in [-0.1, -0.05) is 54.6 Å². The molecule has 0 saturated carbocycles. The van der Waals surface area contributed by atoms with E-state index >= 15 is 0 Å². The molecule has 0 bridgehead atoms. The van der Waals surface area contributed by atoms with Crippen LogP contribution in [0.3, 0.4) is 0 Å². The first-order chi connectivity index (χ1) is 13.7. The second kappa shape index (κ2) is 7.75. The van der Waals surface area contributed by atoms with Gasteiger partial charge in [-0.2, -0.15) is 10.2 Å². The first-order valence-electron chi connectivity index (χ1n) is 8.80. The van der Waals surface area contributed by atoms with Gasteiger partial charge in [-0.05, 0) is 17.7 Å². The Kier molecular flexibility index (Phi) is 4.84. The first-order valence-corrected chi connectivity index (χ1v) is 8.80. The predicted molar refractivity (Wildman–Crippen MR) is 110 cm³/mol. The zero-order chi connectivity index (χ0) is 19.3. The smallest absolute Gasteiger partial charge is 0.176 e. The molecule has 6 heteroatoms. The fourth-order valence-electron chi connectivity index (χ4n) is 2.97. The largest absolute Gasteiger partial charge is 0.508 e. The van der Waals surface area contributed by atoms with E-state index in [1.807, 2.05) is 42.5 Å². The molecule has 0 radical (unpaired) electrons. The van der Waals surface area contributed by atoms with Crippen molar-refractivity contribution in [1.82, 2.24) is 10.2 Å². The number of aromatic nitrogens is 2. The van der Waals surface area contributed by atoms with Gasteiger partial charge in [0.15, 0.2) is 5.82 Å². The van der Waals surface area contributed by atoms with Crippen LogP contribution in [-0.2, 0) is 6.42 Å². The number of fused-ring (bicyclic) bond motifs is 1. The summed E-state index contributed by atoms with van der Waals surface area (Å²) in [4.78, 5) is 0. The maximum atomic E-state index is 9.83. The second-order valence-corrected chi connectivity index (χ2v) is 6.32. The van der Waals surface area contributed by atoms with Gasteiger partial charge in [0.2, 0.25) is 0 Å². The molecule has 0 aliphatic carbocycles. The summed E-state index contributed by atoms with van der Waals surface area (Å²) < 4.78 is 0. The summed E-state index contributed by atoms with van der Waals surface area (Å²) >= 11 is 0. The highest BCUT2D eigenvalue weighted by molar-refractivity contribution is 5.93. The van der Waals surface area contributed by atoms with Crippen LogP contribution in [-0.4, -0.2) is 26.6 Å². The van der Waals surface area contributed by atoms with E-state index in [1.165, 1.54) is 23.9 Å².